The zero-order valence-corrected chi connectivity index (χ0v) is 15.2. The number of Topliss-reactive ketones (excluding diaryl/α,β-unsaturated/α-hetero) is 1. The van der Waals surface area contributed by atoms with Gasteiger partial charge in [0.05, 0.1) is 12.8 Å². The van der Waals surface area contributed by atoms with Crippen LogP contribution in [0.2, 0.25) is 0 Å². The zero-order valence-electron chi connectivity index (χ0n) is 15.2. The van der Waals surface area contributed by atoms with Crippen LogP contribution in [0.15, 0.2) is 30.3 Å². The smallest absolute Gasteiger partial charge is 0.273 e. The number of fused-ring (bicyclic) bond motifs is 1. The molecule has 7 heteroatoms. The maximum absolute atomic E-state index is 12.7. The van der Waals surface area contributed by atoms with Crippen molar-refractivity contribution in [3.63, 3.8) is 0 Å². The molecule has 0 spiro atoms. The lowest BCUT2D eigenvalue weighted by Crippen LogP contribution is -2.14. The van der Waals surface area contributed by atoms with Gasteiger partial charge in [0.15, 0.2) is 11.6 Å². The third-order valence-corrected chi connectivity index (χ3v) is 4.88. The minimum absolute atomic E-state index is 0.0993. The second kappa shape index (κ2) is 6.75. The monoisotopic (exact) mass is 364 g/mol. The molecule has 27 heavy (non-hydrogen) atoms. The Kier molecular flexibility index (Phi) is 4.27. The summed E-state index contributed by atoms with van der Waals surface area (Å²) in [4.78, 5) is 28.0. The number of aromatic nitrogens is 3. The van der Waals surface area contributed by atoms with Crippen molar-refractivity contribution in [3.8, 4) is 17.0 Å². The molecule has 0 atom stereocenters. The van der Waals surface area contributed by atoms with E-state index in [9.17, 15) is 9.59 Å². The largest absolute Gasteiger partial charge is 0.496 e. The van der Waals surface area contributed by atoms with Gasteiger partial charge in [0.1, 0.15) is 11.4 Å². The second-order valence-corrected chi connectivity index (χ2v) is 6.58. The van der Waals surface area contributed by atoms with Gasteiger partial charge in [-0.05, 0) is 37.5 Å². The van der Waals surface area contributed by atoms with Crippen molar-refractivity contribution < 1.29 is 14.3 Å². The molecule has 2 aromatic heterocycles. The number of methoxy groups -OCH3 is 1. The Morgan fingerprint density at radius 1 is 1.26 bits per heavy atom. The normalized spacial score (nSPS) is 13.3. The maximum Gasteiger partial charge on any atom is 0.273 e. The minimum Gasteiger partial charge on any atom is -0.496 e. The van der Waals surface area contributed by atoms with Crippen LogP contribution >= 0.6 is 0 Å². The van der Waals surface area contributed by atoms with E-state index in [0.717, 1.165) is 29.8 Å². The fourth-order valence-electron chi connectivity index (χ4n) is 3.57. The number of rotatable bonds is 4. The average Bonchev–Trinajstić information content (AvgIpc) is 3.27. The summed E-state index contributed by atoms with van der Waals surface area (Å²) in [6, 6.07) is 9.31. The first-order valence-electron chi connectivity index (χ1n) is 8.83. The third kappa shape index (κ3) is 3.01. The van der Waals surface area contributed by atoms with Gasteiger partial charge in [-0.2, -0.15) is 5.10 Å². The Morgan fingerprint density at radius 3 is 2.85 bits per heavy atom. The van der Waals surface area contributed by atoms with Crippen molar-refractivity contribution in [2.24, 2.45) is 0 Å². The van der Waals surface area contributed by atoms with Crippen LogP contribution in [0.5, 0.6) is 5.75 Å². The van der Waals surface area contributed by atoms with E-state index >= 15 is 0 Å². The molecule has 1 aliphatic rings. The summed E-state index contributed by atoms with van der Waals surface area (Å²) < 4.78 is 5.36. The number of carbonyl (C=O) groups is 2. The Bertz CT molecular complexity index is 1030. The Hall–Kier alpha value is -3.35. The molecule has 0 saturated carbocycles. The lowest BCUT2D eigenvalue weighted by Gasteiger charge is -2.09. The van der Waals surface area contributed by atoms with Gasteiger partial charge in [-0.15, -0.1) is 0 Å². The number of nitrogens with zero attached hydrogens (tertiary/aromatic N) is 1. The highest BCUT2D eigenvalue weighted by molar-refractivity contribution is 6.08. The van der Waals surface area contributed by atoms with Crippen LogP contribution in [0.3, 0.4) is 0 Å². The van der Waals surface area contributed by atoms with Gasteiger partial charge in [-0.1, -0.05) is 12.1 Å². The minimum atomic E-state index is -0.312. The molecule has 138 valence electrons. The Balaban J connectivity index is 1.58. The van der Waals surface area contributed by atoms with E-state index in [2.05, 4.69) is 20.5 Å². The van der Waals surface area contributed by atoms with E-state index in [1.165, 1.54) is 0 Å². The molecule has 7 nitrogen and oxygen atoms in total. The van der Waals surface area contributed by atoms with E-state index in [0.29, 0.717) is 34.8 Å². The van der Waals surface area contributed by atoms with Crippen LogP contribution in [-0.2, 0) is 6.42 Å². The topological polar surface area (TPSA) is 99.9 Å². The summed E-state index contributed by atoms with van der Waals surface area (Å²) in [7, 11) is 1.61. The van der Waals surface area contributed by atoms with Crippen molar-refractivity contribution in [2.75, 3.05) is 12.4 Å². The molecule has 1 amide bonds. The summed E-state index contributed by atoms with van der Waals surface area (Å²) >= 11 is 0. The van der Waals surface area contributed by atoms with E-state index in [1.54, 1.807) is 20.1 Å². The molecule has 0 radical (unpaired) electrons. The number of amides is 1. The summed E-state index contributed by atoms with van der Waals surface area (Å²) in [5.74, 6) is 0.902. The molecule has 3 N–H and O–H groups in total. The van der Waals surface area contributed by atoms with Crippen molar-refractivity contribution in [1.29, 1.82) is 0 Å². The number of aromatic amines is 2. The number of nitrogens with one attached hydrogen (secondary N) is 3. The van der Waals surface area contributed by atoms with Gasteiger partial charge in [-0.25, -0.2) is 0 Å². The molecule has 0 fully saturated rings. The number of hydrogen-bond donors (Lipinski definition) is 3. The predicted octanol–water partition coefficient (Wildman–Crippen LogP) is 3.49. The van der Waals surface area contributed by atoms with Crippen LogP contribution in [0.25, 0.3) is 11.3 Å². The highest BCUT2D eigenvalue weighted by atomic mass is 16.5. The van der Waals surface area contributed by atoms with Gasteiger partial charge in [0, 0.05) is 29.3 Å². The highest BCUT2D eigenvalue weighted by Crippen LogP contribution is 2.30. The van der Waals surface area contributed by atoms with E-state index < -0.39 is 0 Å². The van der Waals surface area contributed by atoms with Crippen LogP contribution in [-0.4, -0.2) is 34.0 Å². The van der Waals surface area contributed by atoms with Crippen LogP contribution in [0.4, 0.5) is 5.82 Å². The third-order valence-electron chi connectivity index (χ3n) is 4.88. The second-order valence-electron chi connectivity index (χ2n) is 6.58. The predicted molar refractivity (Wildman–Crippen MR) is 101 cm³/mol. The molecular formula is C20H20N4O3. The first-order chi connectivity index (χ1) is 13.1. The van der Waals surface area contributed by atoms with Crippen LogP contribution in [0, 0.1) is 6.92 Å². The van der Waals surface area contributed by atoms with Gasteiger partial charge in [-0.3, -0.25) is 14.7 Å². The van der Waals surface area contributed by atoms with Crippen LogP contribution < -0.4 is 10.1 Å². The molecule has 0 bridgehead atoms. The molecule has 0 saturated heterocycles. The average molecular weight is 364 g/mol. The van der Waals surface area contributed by atoms with E-state index in [-0.39, 0.29) is 11.7 Å². The van der Waals surface area contributed by atoms with Crippen LogP contribution in [0.1, 0.15) is 44.9 Å². The van der Waals surface area contributed by atoms with Crippen molar-refractivity contribution in [3.05, 3.63) is 52.8 Å². The number of para-hydroxylation sites is 1. The molecule has 0 unspecified atom stereocenters. The summed E-state index contributed by atoms with van der Waals surface area (Å²) in [6.07, 6.45) is 2.14. The highest BCUT2D eigenvalue weighted by Gasteiger charge is 2.26. The quantitative estimate of drug-likeness (QED) is 0.660. The first kappa shape index (κ1) is 17.1. The lowest BCUT2D eigenvalue weighted by atomic mass is 9.94. The maximum atomic E-state index is 12.7. The molecule has 3 aromatic rings. The standard InChI is InChI=1S/C20H20N4O3/c1-11-18-13(7-5-8-15(18)25)21-19(11)20(26)22-17-10-14(23-24-17)12-6-3-4-9-16(12)27-2/h3-4,6,9-10,21H,5,7-8H2,1-2H3,(H2,22,23,24,26). The fourth-order valence-corrected chi connectivity index (χ4v) is 3.57. The number of anilines is 1. The summed E-state index contributed by atoms with van der Waals surface area (Å²) in [5, 5.41) is 9.87. The Labute approximate surface area is 156 Å². The van der Waals surface area contributed by atoms with E-state index in [4.69, 9.17) is 4.74 Å². The molecule has 0 aliphatic heterocycles. The summed E-state index contributed by atoms with van der Waals surface area (Å²) in [6.45, 7) is 1.80. The van der Waals surface area contributed by atoms with Gasteiger partial charge >= 0.3 is 0 Å². The first-order valence-corrected chi connectivity index (χ1v) is 8.83. The molecule has 1 aromatic carbocycles. The number of H-pyrrole nitrogens is 2. The Morgan fingerprint density at radius 2 is 2.07 bits per heavy atom. The van der Waals surface area contributed by atoms with Crippen molar-refractivity contribution in [2.45, 2.75) is 26.2 Å². The fraction of sp³-hybridized carbons (Fsp3) is 0.250. The molecule has 4 rings (SSSR count). The number of benzene rings is 1. The van der Waals surface area contributed by atoms with Gasteiger partial charge in [0.2, 0.25) is 0 Å². The van der Waals surface area contributed by atoms with Gasteiger partial charge < -0.3 is 15.0 Å². The SMILES string of the molecule is COc1ccccc1-c1cc(NC(=O)c2[nH]c3c(c2C)C(=O)CCC3)n[nH]1. The number of hydrogen-bond acceptors (Lipinski definition) is 4. The molecular weight excluding hydrogens is 344 g/mol. The van der Waals surface area contributed by atoms with E-state index in [1.807, 2.05) is 24.3 Å². The molecule has 2 heterocycles. The zero-order chi connectivity index (χ0) is 19.0. The lowest BCUT2D eigenvalue weighted by molar-refractivity contribution is 0.0971. The van der Waals surface area contributed by atoms with Crippen molar-refractivity contribution in [1.82, 2.24) is 15.2 Å². The van der Waals surface area contributed by atoms with Gasteiger partial charge in [0.25, 0.3) is 5.91 Å². The number of ether oxygens (including phenoxy) is 1. The number of aryl methyl sites for hydroxylation is 1. The number of carbonyl (C=O) groups excluding carboxylic acids is 2. The summed E-state index contributed by atoms with van der Waals surface area (Å²) in [5.41, 5.74) is 4.23. The molecule has 1 aliphatic carbocycles. The number of ketones is 1. The van der Waals surface area contributed by atoms with Crippen molar-refractivity contribution >= 4 is 17.5 Å².